The molecule has 0 aliphatic rings. The van der Waals surface area contributed by atoms with Gasteiger partial charge in [-0.05, 0) is 24.1 Å². The Balaban J connectivity index is 2.99. The van der Waals surface area contributed by atoms with E-state index in [2.05, 4.69) is 31.9 Å². The summed E-state index contributed by atoms with van der Waals surface area (Å²) >= 11 is 6.66. The standard InChI is InChI=1S/C11H12Br2O/c1-8-2-3-9(7-13)6-10(8)11(14)4-5-12/h2-3,6H,4-5,7H2,1H3. The average molecular weight is 320 g/mol. The minimum absolute atomic E-state index is 0.210. The number of carbonyl (C=O) groups excluding carboxylic acids is 1. The molecule has 1 rings (SSSR count). The molecule has 0 saturated heterocycles. The molecule has 0 atom stereocenters. The van der Waals surface area contributed by atoms with Crippen molar-refractivity contribution in [3.05, 3.63) is 34.9 Å². The summed E-state index contributed by atoms with van der Waals surface area (Å²) in [6.45, 7) is 1.97. The van der Waals surface area contributed by atoms with E-state index in [0.717, 1.165) is 27.4 Å². The number of carbonyl (C=O) groups is 1. The molecule has 1 nitrogen and oxygen atoms in total. The summed E-state index contributed by atoms with van der Waals surface area (Å²) in [5.41, 5.74) is 3.05. The molecule has 1 aromatic carbocycles. The quantitative estimate of drug-likeness (QED) is 0.608. The predicted octanol–water partition coefficient (Wildman–Crippen LogP) is 3.86. The maximum Gasteiger partial charge on any atom is 0.163 e. The Morgan fingerprint density at radius 3 is 2.64 bits per heavy atom. The van der Waals surface area contributed by atoms with E-state index in [1.54, 1.807) is 0 Å². The second-order valence-corrected chi connectivity index (χ2v) is 4.50. The van der Waals surface area contributed by atoms with Gasteiger partial charge in [0.2, 0.25) is 0 Å². The lowest BCUT2D eigenvalue weighted by molar-refractivity contribution is 0.0989. The van der Waals surface area contributed by atoms with Crippen LogP contribution in [0.5, 0.6) is 0 Å². The van der Waals surface area contributed by atoms with Gasteiger partial charge in [0.1, 0.15) is 0 Å². The van der Waals surface area contributed by atoms with Crippen molar-refractivity contribution in [3.63, 3.8) is 0 Å². The largest absolute Gasteiger partial charge is 0.294 e. The van der Waals surface area contributed by atoms with Crippen molar-refractivity contribution in [2.24, 2.45) is 0 Å². The smallest absolute Gasteiger partial charge is 0.163 e. The molecular formula is C11H12Br2O. The van der Waals surface area contributed by atoms with Gasteiger partial charge in [0.25, 0.3) is 0 Å². The summed E-state index contributed by atoms with van der Waals surface area (Å²) in [5.74, 6) is 0.210. The third-order valence-electron chi connectivity index (χ3n) is 2.08. The number of benzene rings is 1. The monoisotopic (exact) mass is 318 g/mol. The van der Waals surface area contributed by atoms with E-state index >= 15 is 0 Å². The molecule has 0 heterocycles. The second kappa shape index (κ2) is 5.66. The van der Waals surface area contributed by atoms with Gasteiger partial charge in [0.05, 0.1) is 0 Å². The summed E-state index contributed by atoms with van der Waals surface area (Å²) in [4.78, 5) is 11.7. The summed E-state index contributed by atoms with van der Waals surface area (Å²) in [5, 5.41) is 1.52. The number of ketones is 1. The van der Waals surface area contributed by atoms with E-state index in [-0.39, 0.29) is 5.78 Å². The minimum atomic E-state index is 0.210. The van der Waals surface area contributed by atoms with E-state index in [9.17, 15) is 4.79 Å². The van der Waals surface area contributed by atoms with Crippen LogP contribution in [0.15, 0.2) is 18.2 Å². The van der Waals surface area contributed by atoms with E-state index in [4.69, 9.17) is 0 Å². The second-order valence-electron chi connectivity index (χ2n) is 3.15. The Labute approximate surface area is 101 Å². The molecule has 0 N–H and O–H groups in total. The van der Waals surface area contributed by atoms with E-state index in [1.165, 1.54) is 0 Å². The lowest BCUT2D eigenvalue weighted by Crippen LogP contribution is -2.02. The topological polar surface area (TPSA) is 17.1 Å². The first-order chi connectivity index (χ1) is 6.69. The highest BCUT2D eigenvalue weighted by atomic mass is 79.9. The average Bonchev–Trinajstić information content (AvgIpc) is 2.19. The van der Waals surface area contributed by atoms with Crippen LogP contribution in [0.1, 0.15) is 27.9 Å². The fourth-order valence-corrected chi connectivity index (χ4v) is 1.98. The Morgan fingerprint density at radius 1 is 1.36 bits per heavy atom. The van der Waals surface area contributed by atoms with Crippen molar-refractivity contribution in [2.75, 3.05) is 5.33 Å². The highest BCUT2D eigenvalue weighted by Gasteiger charge is 2.08. The highest BCUT2D eigenvalue weighted by molar-refractivity contribution is 9.09. The van der Waals surface area contributed by atoms with Crippen LogP contribution in [0, 0.1) is 6.92 Å². The molecule has 0 aromatic heterocycles. The maximum atomic E-state index is 11.7. The number of halogens is 2. The third kappa shape index (κ3) is 2.92. The van der Waals surface area contributed by atoms with Crippen LogP contribution in [0.3, 0.4) is 0 Å². The van der Waals surface area contributed by atoms with Gasteiger partial charge in [0.15, 0.2) is 5.78 Å². The molecule has 14 heavy (non-hydrogen) atoms. The lowest BCUT2D eigenvalue weighted by Gasteiger charge is -2.05. The number of alkyl halides is 2. The first kappa shape index (κ1) is 11.9. The zero-order chi connectivity index (χ0) is 10.6. The first-order valence-electron chi connectivity index (χ1n) is 4.43. The van der Waals surface area contributed by atoms with E-state index in [0.29, 0.717) is 6.42 Å². The number of hydrogen-bond acceptors (Lipinski definition) is 1. The number of rotatable bonds is 4. The molecule has 0 fully saturated rings. The van der Waals surface area contributed by atoms with Gasteiger partial charge in [-0.15, -0.1) is 0 Å². The lowest BCUT2D eigenvalue weighted by atomic mass is 10.0. The zero-order valence-corrected chi connectivity index (χ0v) is 11.2. The van der Waals surface area contributed by atoms with E-state index in [1.807, 2.05) is 25.1 Å². The van der Waals surface area contributed by atoms with Gasteiger partial charge < -0.3 is 0 Å². The van der Waals surface area contributed by atoms with Gasteiger partial charge in [-0.1, -0.05) is 44.0 Å². The fraction of sp³-hybridized carbons (Fsp3) is 0.364. The number of hydrogen-bond donors (Lipinski definition) is 0. The van der Waals surface area contributed by atoms with Crippen LogP contribution in [-0.2, 0) is 5.33 Å². The summed E-state index contributed by atoms with van der Waals surface area (Å²) in [6.07, 6.45) is 0.562. The predicted molar refractivity (Wildman–Crippen MR) is 66.6 cm³/mol. The van der Waals surface area contributed by atoms with Crippen molar-refractivity contribution in [2.45, 2.75) is 18.7 Å². The molecule has 0 amide bonds. The van der Waals surface area contributed by atoms with Crippen molar-refractivity contribution >= 4 is 37.6 Å². The van der Waals surface area contributed by atoms with Crippen LogP contribution in [0.25, 0.3) is 0 Å². The van der Waals surface area contributed by atoms with Gasteiger partial charge in [-0.3, -0.25) is 4.79 Å². The van der Waals surface area contributed by atoms with Crippen molar-refractivity contribution in [3.8, 4) is 0 Å². The van der Waals surface area contributed by atoms with Crippen LogP contribution >= 0.6 is 31.9 Å². The molecule has 76 valence electrons. The van der Waals surface area contributed by atoms with Gasteiger partial charge >= 0.3 is 0 Å². The summed E-state index contributed by atoms with van der Waals surface area (Å²) < 4.78 is 0. The van der Waals surface area contributed by atoms with Gasteiger partial charge in [-0.25, -0.2) is 0 Å². The molecular weight excluding hydrogens is 308 g/mol. The first-order valence-corrected chi connectivity index (χ1v) is 6.68. The van der Waals surface area contributed by atoms with Gasteiger partial charge in [-0.2, -0.15) is 0 Å². The SMILES string of the molecule is Cc1ccc(CBr)cc1C(=O)CCBr. The summed E-state index contributed by atoms with van der Waals surface area (Å²) in [7, 11) is 0. The molecule has 1 aromatic rings. The molecule has 0 radical (unpaired) electrons. The van der Waals surface area contributed by atoms with Crippen LogP contribution < -0.4 is 0 Å². The van der Waals surface area contributed by atoms with Crippen LogP contribution in [0.4, 0.5) is 0 Å². The third-order valence-corrected chi connectivity index (χ3v) is 3.12. The Morgan fingerprint density at radius 2 is 2.07 bits per heavy atom. The highest BCUT2D eigenvalue weighted by Crippen LogP contribution is 2.15. The van der Waals surface area contributed by atoms with Crippen LogP contribution in [-0.4, -0.2) is 11.1 Å². The maximum absolute atomic E-state index is 11.7. The van der Waals surface area contributed by atoms with Crippen LogP contribution in [0.2, 0.25) is 0 Å². The molecule has 0 aliphatic heterocycles. The van der Waals surface area contributed by atoms with Crippen molar-refractivity contribution in [1.82, 2.24) is 0 Å². The zero-order valence-electron chi connectivity index (χ0n) is 8.02. The fourth-order valence-electron chi connectivity index (χ4n) is 1.27. The van der Waals surface area contributed by atoms with E-state index < -0.39 is 0 Å². The molecule has 3 heteroatoms. The molecule has 0 saturated carbocycles. The Hall–Kier alpha value is -0.150. The molecule has 0 unspecified atom stereocenters. The molecule has 0 spiro atoms. The van der Waals surface area contributed by atoms with Gasteiger partial charge in [0, 0.05) is 22.6 Å². The number of Topliss-reactive ketones (excluding diaryl/α,β-unsaturated/α-hetero) is 1. The molecule has 0 bridgehead atoms. The summed E-state index contributed by atoms with van der Waals surface area (Å²) in [6, 6.07) is 6.00. The Bertz CT molecular complexity index is 334. The minimum Gasteiger partial charge on any atom is -0.294 e. The van der Waals surface area contributed by atoms with Crippen molar-refractivity contribution in [1.29, 1.82) is 0 Å². The number of aryl methyl sites for hydroxylation is 1. The Kier molecular flexibility index (Phi) is 4.82. The molecule has 0 aliphatic carbocycles. The normalized spacial score (nSPS) is 10.2. The van der Waals surface area contributed by atoms with Crippen molar-refractivity contribution < 1.29 is 4.79 Å².